The summed E-state index contributed by atoms with van der Waals surface area (Å²) in [6, 6.07) is 65.2. The molecule has 0 bridgehead atoms. The molecule has 2 heterocycles. The Kier molecular flexibility index (Phi) is 5.96. The van der Waals surface area contributed by atoms with Gasteiger partial charge in [0, 0.05) is 26.0 Å². The van der Waals surface area contributed by atoms with Crippen molar-refractivity contribution < 1.29 is 8.83 Å². The quantitative estimate of drug-likeness (QED) is 0.128. The lowest BCUT2D eigenvalue weighted by Gasteiger charge is -2.16. The molecule has 0 N–H and O–H groups in total. The van der Waals surface area contributed by atoms with Gasteiger partial charge >= 0.3 is 0 Å². The molecule has 0 saturated heterocycles. The van der Waals surface area contributed by atoms with Gasteiger partial charge < -0.3 is 8.83 Å². The molecule has 16 rings (SSSR count). The Morgan fingerprint density at radius 1 is 0.254 bits per heavy atom. The van der Waals surface area contributed by atoms with Crippen LogP contribution in [0.5, 0.6) is 0 Å². The molecular weight excluding hydrogens is 833 g/mol. The first kappa shape index (κ1) is 33.0. The highest BCUT2D eigenvalue weighted by atomic mass is 79.9. The summed E-state index contributed by atoms with van der Waals surface area (Å²) in [5.41, 5.74) is 8.49. The maximum absolute atomic E-state index is 6.46. The van der Waals surface area contributed by atoms with Gasteiger partial charge in [0.25, 0.3) is 0 Å². The Balaban J connectivity index is 1.20. The third-order valence-corrected chi connectivity index (χ3v) is 15.2. The normalized spacial score (nSPS) is 12.8. The van der Waals surface area contributed by atoms with E-state index in [1.165, 1.54) is 119 Å². The molecule has 0 radical (unpaired) electrons. The van der Waals surface area contributed by atoms with Gasteiger partial charge in [-0.15, -0.1) is 0 Å². The minimum absolute atomic E-state index is 0.898. The van der Waals surface area contributed by atoms with Crippen LogP contribution in [0, 0.1) is 0 Å². The van der Waals surface area contributed by atoms with Crippen molar-refractivity contribution in [2.24, 2.45) is 0 Å². The van der Waals surface area contributed by atoms with E-state index in [4.69, 9.17) is 8.83 Å². The van der Waals surface area contributed by atoms with Crippen LogP contribution in [-0.2, 0) is 0 Å². The van der Waals surface area contributed by atoms with E-state index in [1.807, 2.05) is 0 Å². The van der Waals surface area contributed by atoms with E-state index in [9.17, 15) is 0 Å². The summed E-state index contributed by atoms with van der Waals surface area (Å²) in [5, 5.41) is 27.7. The van der Waals surface area contributed by atoms with Gasteiger partial charge in [0.15, 0.2) is 0 Å². The summed E-state index contributed by atoms with van der Waals surface area (Å²) in [5.74, 6) is 0. The smallest absolute Gasteiger partial charge is 0.135 e. The number of hydrogen-bond acceptors (Lipinski definition) is 2. The van der Waals surface area contributed by atoms with E-state index in [2.05, 4.69) is 192 Å². The van der Waals surface area contributed by atoms with Gasteiger partial charge in [0.1, 0.15) is 22.3 Å². The predicted molar refractivity (Wildman–Crippen MR) is 271 cm³/mol. The Labute approximate surface area is 366 Å². The highest BCUT2D eigenvalue weighted by Gasteiger charge is 2.29. The van der Waals surface area contributed by atoms with Crippen LogP contribution in [0.4, 0.5) is 0 Å². The van der Waals surface area contributed by atoms with Crippen LogP contribution in [0.15, 0.2) is 189 Å². The second kappa shape index (κ2) is 11.4. The third kappa shape index (κ3) is 3.97. The van der Waals surface area contributed by atoms with Crippen molar-refractivity contribution in [1.82, 2.24) is 0 Å². The molecule has 16 aromatic rings. The van der Waals surface area contributed by atoms with Crippen LogP contribution in [-0.4, -0.2) is 0 Å². The van der Waals surface area contributed by atoms with Gasteiger partial charge in [0.2, 0.25) is 0 Å². The fourth-order valence-electron chi connectivity index (χ4n) is 12.1. The van der Waals surface area contributed by atoms with Gasteiger partial charge in [-0.3, -0.25) is 0 Å². The van der Waals surface area contributed by atoms with E-state index >= 15 is 0 Å². The Morgan fingerprint density at radius 2 is 0.651 bits per heavy atom. The second-order valence-electron chi connectivity index (χ2n) is 17.5. The van der Waals surface area contributed by atoms with Crippen molar-refractivity contribution in [1.29, 1.82) is 0 Å². The summed E-state index contributed by atoms with van der Waals surface area (Å²) >= 11 is 3.98. The first-order chi connectivity index (χ1) is 31.2. The Hall–Kier alpha value is -7.72. The molecule has 0 amide bonds. The van der Waals surface area contributed by atoms with E-state index < -0.39 is 0 Å². The number of fused-ring (bicyclic) bond motifs is 14. The molecule has 2 aromatic heterocycles. The lowest BCUT2D eigenvalue weighted by Crippen LogP contribution is -1.88. The average Bonchev–Trinajstić information content (AvgIpc) is 4.08. The van der Waals surface area contributed by atoms with Crippen molar-refractivity contribution >= 4 is 157 Å². The molecule has 63 heavy (non-hydrogen) atoms. The predicted octanol–water partition coefficient (Wildman–Crippen LogP) is 18.3. The van der Waals surface area contributed by atoms with Crippen molar-refractivity contribution in [3.05, 3.63) is 180 Å². The number of rotatable bonds is 2. The lowest BCUT2D eigenvalue weighted by molar-refractivity contribution is 0.668. The number of furan rings is 2. The molecule has 14 aromatic carbocycles. The molecule has 0 aliphatic carbocycles. The topological polar surface area (TPSA) is 26.3 Å². The molecule has 0 fully saturated rings. The zero-order valence-corrected chi connectivity index (χ0v) is 35.0. The average molecular weight is 862 g/mol. The minimum Gasteiger partial charge on any atom is -0.456 e. The van der Waals surface area contributed by atoms with E-state index in [0.717, 1.165) is 48.3 Å². The van der Waals surface area contributed by atoms with E-state index in [0.29, 0.717) is 0 Å². The summed E-state index contributed by atoms with van der Waals surface area (Å²) < 4.78 is 14.0. The Bertz CT molecular complexity index is 4430. The molecule has 288 valence electrons. The van der Waals surface area contributed by atoms with E-state index in [1.54, 1.807) is 0 Å². The highest BCUT2D eigenvalue weighted by Crippen LogP contribution is 2.58. The highest BCUT2D eigenvalue weighted by molar-refractivity contribution is 9.10. The second-order valence-corrected chi connectivity index (χ2v) is 18.3. The van der Waals surface area contributed by atoms with Crippen molar-refractivity contribution in [3.63, 3.8) is 0 Å². The number of benzene rings is 12. The molecule has 0 saturated carbocycles. The van der Waals surface area contributed by atoms with Crippen molar-refractivity contribution in [3.8, 4) is 22.3 Å². The fourth-order valence-corrected chi connectivity index (χ4v) is 12.6. The van der Waals surface area contributed by atoms with Gasteiger partial charge in [-0.2, -0.15) is 0 Å². The molecule has 2 nitrogen and oxygen atoms in total. The maximum Gasteiger partial charge on any atom is 0.135 e. The van der Waals surface area contributed by atoms with Crippen LogP contribution in [0.2, 0.25) is 0 Å². The van der Waals surface area contributed by atoms with Crippen LogP contribution in [0.25, 0.3) is 163 Å². The van der Waals surface area contributed by atoms with E-state index in [-0.39, 0.29) is 0 Å². The zero-order chi connectivity index (χ0) is 40.8. The van der Waals surface area contributed by atoms with Crippen LogP contribution in [0.1, 0.15) is 0 Å². The van der Waals surface area contributed by atoms with Crippen LogP contribution >= 0.6 is 15.9 Å². The van der Waals surface area contributed by atoms with Crippen molar-refractivity contribution in [2.45, 2.75) is 0 Å². The third-order valence-electron chi connectivity index (χ3n) is 14.5. The van der Waals surface area contributed by atoms with Gasteiger partial charge in [-0.25, -0.2) is 0 Å². The van der Waals surface area contributed by atoms with Crippen LogP contribution in [0.3, 0.4) is 0 Å². The zero-order valence-electron chi connectivity index (χ0n) is 33.4. The first-order valence-corrected chi connectivity index (χ1v) is 22.4. The molecule has 0 atom stereocenters. The first-order valence-electron chi connectivity index (χ1n) is 21.6. The molecule has 0 spiro atoms. The monoisotopic (exact) mass is 860 g/mol. The van der Waals surface area contributed by atoms with Crippen LogP contribution < -0.4 is 0 Å². The van der Waals surface area contributed by atoms with Gasteiger partial charge in [0.05, 0.1) is 0 Å². The standard InChI is InChI=1S/C60H29BrO2/c61-46-25-24-41-54-39(46)14-7-15-40(54)57-52(31-18-26-49-44(28-31)33-10-1-3-16-47(33)62-49)59-42-22-20-37-35-12-5-8-30-9-6-13-36(51(30)35)38-21-23-43(56(42)55(37)38)60(59)53(58(41)57)32-19-27-50-45(29-32)34-11-2-4-17-48(34)63-50/h1-29H. The summed E-state index contributed by atoms with van der Waals surface area (Å²) in [4.78, 5) is 0. The Morgan fingerprint density at radius 3 is 1.24 bits per heavy atom. The summed E-state index contributed by atoms with van der Waals surface area (Å²) in [6.45, 7) is 0. The largest absolute Gasteiger partial charge is 0.456 e. The van der Waals surface area contributed by atoms with Gasteiger partial charge in [-0.05, 0) is 162 Å². The minimum atomic E-state index is 0.898. The SMILES string of the molecule is Brc1ccc2c3c(-c4ccc5oc6ccccc6c5c4)c4c5ccc6c7cccc8cccc(c9ccc(c4c(-c4ccc%10oc%11ccccc%11c%10c4)c3c3cccc1c32)c5c96)c87. The summed E-state index contributed by atoms with van der Waals surface area (Å²) in [6.07, 6.45) is 0. The number of para-hydroxylation sites is 2. The molecular formula is C60H29BrO2. The fraction of sp³-hybridized carbons (Fsp3) is 0. The summed E-state index contributed by atoms with van der Waals surface area (Å²) in [7, 11) is 0. The molecule has 0 unspecified atom stereocenters. The molecule has 0 aliphatic rings. The number of hydrogen-bond donors (Lipinski definition) is 0. The maximum atomic E-state index is 6.46. The lowest BCUT2D eigenvalue weighted by atomic mass is 9.86. The molecule has 0 aliphatic heterocycles. The van der Waals surface area contributed by atoms with Crippen molar-refractivity contribution in [2.75, 3.05) is 0 Å². The number of halogens is 1. The van der Waals surface area contributed by atoms with Gasteiger partial charge in [-0.1, -0.05) is 149 Å². The molecule has 3 heteroatoms.